The zero-order chi connectivity index (χ0) is 19.1. The predicted octanol–water partition coefficient (Wildman–Crippen LogP) is 3.34. The minimum absolute atomic E-state index is 0.258. The van der Waals surface area contributed by atoms with Crippen molar-refractivity contribution in [2.45, 2.75) is 13.8 Å². The molecule has 136 valence electrons. The molecule has 0 atom stereocenters. The van der Waals surface area contributed by atoms with Crippen LogP contribution in [-0.2, 0) is 0 Å². The topological polar surface area (TPSA) is 61.9 Å². The van der Waals surface area contributed by atoms with Crippen LogP contribution in [0.2, 0.25) is 0 Å². The molecule has 0 saturated heterocycles. The van der Waals surface area contributed by atoms with Gasteiger partial charge in [-0.15, -0.1) is 0 Å². The zero-order valence-corrected chi connectivity index (χ0v) is 15.1. The normalized spacial score (nSPS) is 11.1. The van der Waals surface area contributed by atoms with Gasteiger partial charge in [-0.1, -0.05) is 6.07 Å². The fourth-order valence-electron chi connectivity index (χ4n) is 3.40. The van der Waals surface area contributed by atoms with E-state index in [-0.39, 0.29) is 11.4 Å². The van der Waals surface area contributed by atoms with Crippen molar-refractivity contribution in [1.82, 2.24) is 19.3 Å². The molecule has 0 aliphatic heterocycles. The average molecular weight is 364 g/mol. The van der Waals surface area contributed by atoms with Crippen molar-refractivity contribution in [2.24, 2.45) is 0 Å². The maximum atomic E-state index is 13.6. The summed E-state index contributed by atoms with van der Waals surface area (Å²) < 4.78 is 22.1. The Kier molecular flexibility index (Phi) is 3.99. The number of methoxy groups -OCH3 is 1. The Morgan fingerprint density at radius 3 is 2.63 bits per heavy atom. The van der Waals surface area contributed by atoms with Gasteiger partial charge in [0.25, 0.3) is 5.56 Å². The number of rotatable bonds is 3. The number of benzene rings is 1. The van der Waals surface area contributed by atoms with Gasteiger partial charge in [0.2, 0.25) is 0 Å². The molecule has 0 amide bonds. The number of fused-ring (bicyclic) bond motifs is 1. The van der Waals surface area contributed by atoms with E-state index >= 15 is 0 Å². The molecule has 0 radical (unpaired) electrons. The quantitative estimate of drug-likeness (QED) is 0.559. The summed E-state index contributed by atoms with van der Waals surface area (Å²) in [5.74, 6) is 0.454. The number of hydrogen-bond donors (Lipinski definition) is 0. The van der Waals surface area contributed by atoms with Gasteiger partial charge in [0.1, 0.15) is 11.6 Å². The van der Waals surface area contributed by atoms with Crippen LogP contribution < -0.4 is 10.3 Å². The molecule has 0 fully saturated rings. The highest BCUT2D eigenvalue weighted by molar-refractivity contribution is 5.88. The lowest BCUT2D eigenvalue weighted by Crippen LogP contribution is -2.21. The molecular weight excluding hydrogens is 347 g/mol. The van der Waals surface area contributed by atoms with Gasteiger partial charge >= 0.3 is 0 Å². The van der Waals surface area contributed by atoms with Crippen LogP contribution in [0.5, 0.6) is 5.75 Å². The molecule has 0 bridgehead atoms. The summed E-state index contributed by atoms with van der Waals surface area (Å²) in [7, 11) is 1.49. The van der Waals surface area contributed by atoms with Crippen molar-refractivity contribution in [3.8, 4) is 17.3 Å². The third-order valence-electron chi connectivity index (χ3n) is 4.65. The van der Waals surface area contributed by atoms with Gasteiger partial charge in [0, 0.05) is 29.0 Å². The lowest BCUT2D eigenvalue weighted by atomic mass is 10.2. The van der Waals surface area contributed by atoms with Crippen LogP contribution in [0.1, 0.15) is 11.4 Å². The van der Waals surface area contributed by atoms with Gasteiger partial charge in [-0.3, -0.25) is 4.79 Å². The molecule has 4 aromatic rings. The van der Waals surface area contributed by atoms with Crippen molar-refractivity contribution < 1.29 is 9.13 Å². The average Bonchev–Trinajstić information content (AvgIpc) is 2.94. The zero-order valence-electron chi connectivity index (χ0n) is 15.1. The third-order valence-corrected chi connectivity index (χ3v) is 4.65. The van der Waals surface area contributed by atoms with Gasteiger partial charge in [-0.05, 0) is 38.1 Å². The van der Waals surface area contributed by atoms with Crippen molar-refractivity contribution >= 4 is 10.8 Å². The predicted molar refractivity (Wildman–Crippen MR) is 100 cm³/mol. The van der Waals surface area contributed by atoms with Crippen LogP contribution in [0.3, 0.4) is 0 Å². The Bertz CT molecular complexity index is 1210. The number of ether oxygens (including phenoxy) is 1. The first-order valence-electron chi connectivity index (χ1n) is 8.38. The summed E-state index contributed by atoms with van der Waals surface area (Å²) >= 11 is 0. The molecule has 0 saturated carbocycles. The molecular formula is C20H17FN4O2. The minimum Gasteiger partial charge on any atom is -0.494 e. The fraction of sp³-hybridized carbons (Fsp3) is 0.150. The maximum Gasteiger partial charge on any atom is 0.282 e. The maximum absolute atomic E-state index is 13.6. The van der Waals surface area contributed by atoms with E-state index in [0.29, 0.717) is 22.6 Å². The number of hydrogen-bond acceptors (Lipinski definition) is 4. The first-order valence-corrected chi connectivity index (χ1v) is 8.38. The molecule has 0 spiro atoms. The highest BCUT2D eigenvalue weighted by Gasteiger charge is 2.20. The number of pyridine rings is 1. The van der Waals surface area contributed by atoms with E-state index in [2.05, 4.69) is 10.1 Å². The second kappa shape index (κ2) is 6.35. The number of halogens is 1. The van der Waals surface area contributed by atoms with Gasteiger partial charge in [-0.25, -0.2) is 9.37 Å². The summed E-state index contributed by atoms with van der Waals surface area (Å²) in [6.07, 6.45) is 3.26. The molecule has 0 aliphatic carbocycles. The van der Waals surface area contributed by atoms with Crippen LogP contribution >= 0.6 is 0 Å². The van der Waals surface area contributed by atoms with Gasteiger partial charge in [-0.2, -0.15) is 9.78 Å². The standard InChI is InChI=1S/C20H17FN4O2/c1-12-15-11-23-25(18-6-4-5-9-22-18)20(26)19(15)13(2)24(12)16-8-7-14(21)10-17(16)27-3/h4-11H,1-3H3. The van der Waals surface area contributed by atoms with E-state index in [1.807, 2.05) is 18.4 Å². The molecule has 7 heteroatoms. The summed E-state index contributed by atoms with van der Waals surface area (Å²) in [6, 6.07) is 9.63. The summed E-state index contributed by atoms with van der Waals surface area (Å²) in [4.78, 5) is 17.3. The second-order valence-corrected chi connectivity index (χ2v) is 6.16. The van der Waals surface area contributed by atoms with E-state index in [9.17, 15) is 9.18 Å². The molecule has 1 aromatic carbocycles. The molecule has 0 aliphatic rings. The van der Waals surface area contributed by atoms with E-state index in [0.717, 1.165) is 16.8 Å². The van der Waals surface area contributed by atoms with E-state index in [4.69, 9.17) is 4.74 Å². The SMILES string of the molecule is COc1cc(F)ccc1-n1c(C)c2cnn(-c3ccccn3)c(=O)c2c1C. The highest BCUT2D eigenvalue weighted by Crippen LogP contribution is 2.31. The Morgan fingerprint density at radius 1 is 1.11 bits per heavy atom. The van der Waals surface area contributed by atoms with Crippen molar-refractivity contribution in [1.29, 1.82) is 0 Å². The Labute approximate surface area is 154 Å². The Morgan fingerprint density at radius 2 is 1.93 bits per heavy atom. The highest BCUT2D eigenvalue weighted by atomic mass is 19.1. The van der Waals surface area contributed by atoms with Crippen LogP contribution in [-0.4, -0.2) is 26.4 Å². The monoisotopic (exact) mass is 364 g/mol. The smallest absolute Gasteiger partial charge is 0.282 e. The summed E-state index contributed by atoms with van der Waals surface area (Å²) in [6.45, 7) is 3.74. The lowest BCUT2D eigenvalue weighted by Gasteiger charge is -2.13. The number of aromatic nitrogens is 4. The third kappa shape index (κ3) is 2.59. The molecule has 0 unspecified atom stereocenters. The summed E-state index contributed by atoms with van der Waals surface area (Å²) in [5, 5.41) is 5.55. The van der Waals surface area contributed by atoms with Crippen molar-refractivity contribution in [3.05, 3.63) is 76.4 Å². The number of nitrogens with zero attached hydrogens (tertiary/aromatic N) is 4. The minimum atomic E-state index is -0.387. The van der Waals surface area contributed by atoms with Crippen LogP contribution in [0.4, 0.5) is 4.39 Å². The van der Waals surface area contributed by atoms with Gasteiger partial charge in [0.05, 0.1) is 24.4 Å². The van der Waals surface area contributed by atoms with Crippen molar-refractivity contribution in [2.75, 3.05) is 7.11 Å². The molecule has 4 rings (SSSR count). The molecule has 6 nitrogen and oxygen atoms in total. The Balaban J connectivity index is 2.03. The van der Waals surface area contributed by atoms with Crippen molar-refractivity contribution in [3.63, 3.8) is 0 Å². The molecule has 27 heavy (non-hydrogen) atoms. The number of aryl methyl sites for hydroxylation is 2. The van der Waals surface area contributed by atoms with Crippen LogP contribution in [0.25, 0.3) is 22.3 Å². The Hall–Kier alpha value is -3.48. The largest absolute Gasteiger partial charge is 0.494 e. The van der Waals surface area contributed by atoms with Gasteiger partial charge in [0.15, 0.2) is 5.82 Å². The first kappa shape index (κ1) is 17.0. The summed E-state index contributed by atoms with van der Waals surface area (Å²) in [5.41, 5.74) is 1.95. The van der Waals surface area contributed by atoms with Crippen LogP contribution in [0, 0.1) is 19.7 Å². The molecule has 0 N–H and O–H groups in total. The first-order chi connectivity index (χ1) is 13.0. The lowest BCUT2D eigenvalue weighted by molar-refractivity contribution is 0.409. The second-order valence-electron chi connectivity index (χ2n) is 6.16. The van der Waals surface area contributed by atoms with E-state index < -0.39 is 0 Å². The van der Waals surface area contributed by atoms with Crippen LogP contribution in [0.15, 0.2) is 53.6 Å². The van der Waals surface area contributed by atoms with Gasteiger partial charge < -0.3 is 9.30 Å². The molecule has 3 aromatic heterocycles. The molecule has 3 heterocycles. The van der Waals surface area contributed by atoms with E-state index in [1.165, 1.54) is 23.9 Å². The fourth-order valence-corrected chi connectivity index (χ4v) is 3.40. The van der Waals surface area contributed by atoms with E-state index in [1.54, 1.807) is 36.7 Å².